The first-order valence-electron chi connectivity index (χ1n) is 5.69. The van der Waals surface area contributed by atoms with Gasteiger partial charge in [-0.05, 0) is 18.4 Å². The Balaban J connectivity index is 1.74. The van der Waals surface area contributed by atoms with Crippen LogP contribution in [-0.2, 0) is 16.1 Å². The summed E-state index contributed by atoms with van der Waals surface area (Å²) in [6.45, 7) is 0.226. The Hall–Kier alpha value is -2.08. The number of amides is 2. The van der Waals surface area contributed by atoms with Crippen LogP contribution in [0.1, 0.15) is 18.4 Å². The smallest absolute Gasteiger partial charge is 0.408 e. The fraction of sp³-hybridized carbons (Fsp3) is 0.333. The molecule has 6 nitrogen and oxygen atoms in total. The van der Waals surface area contributed by atoms with Crippen molar-refractivity contribution in [2.45, 2.75) is 25.1 Å². The molecule has 18 heavy (non-hydrogen) atoms. The molecule has 3 N–H and O–H groups in total. The fourth-order valence-electron chi connectivity index (χ4n) is 1.53. The largest absolute Gasteiger partial charge is 0.445 e. The topological polar surface area (TPSA) is 79.5 Å². The predicted molar refractivity (Wildman–Crippen MR) is 64.1 cm³/mol. The molecule has 0 heterocycles. The van der Waals surface area contributed by atoms with Gasteiger partial charge >= 0.3 is 6.09 Å². The van der Waals surface area contributed by atoms with Gasteiger partial charge in [0, 0.05) is 0 Å². The molecule has 2 rings (SSSR count). The Morgan fingerprint density at radius 1 is 1.33 bits per heavy atom. The van der Waals surface area contributed by atoms with E-state index in [1.54, 1.807) is 0 Å². The van der Waals surface area contributed by atoms with Crippen LogP contribution in [0.4, 0.5) is 4.79 Å². The van der Waals surface area contributed by atoms with Gasteiger partial charge in [-0.25, -0.2) is 10.2 Å². The number of benzene rings is 1. The second-order valence-corrected chi connectivity index (χ2v) is 4.16. The zero-order valence-electron chi connectivity index (χ0n) is 9.81. The molecule has 0 bridgehead atoms. The van der Waals surface area contributed by atoms with Crippen LogP contribution in [0.15, 0.2) is 30.3 Å². The maximum Gasteiger partial charge on any atom is 0.408 e. The highest BCUT2D eigenvalue weighted by Crippen LogP contribution is 2.31. The lowest BCUT2D eigenvalue weighted by atomic mass is 10.2. The minimum absolute atomic E-state index is 0.226. The lowest BCUT2D eigenvalue weighted by Gasteiger charge is -2.17. The molecule has 6 heteroatoms. The number of hydrogen-bond donors (Lipinski definition) is 3. The molecule has 1 aliphatic carbocycles. The molecule has 0 radical (unpaired) electrons. The van der Waals surface area contributed by atoms with Gasteiger partial charge in [-0.1, -0.05) is 30.3 Å². The highest BCUT2D eigenvalue weighted by molar-refractivity contribution is 5.68. The normalized spacial score (nSPS) is 15.6. The van der Waals surface area contributed by atoms with E-state index < -0.39 is 11.8 Å². The van der Waals surface area contributed by atoms with Crippen LogP contribution in [-0.4, -0.2) is 18.2 Å². The number of ether oxygens (including phenoxy) is 1. The predicted octanol–water partition coefficient (Wildman–Crippen LogP) is 0.653. The molecule has 2 amide bonds. The zero-order valence-corrected chi connectivity index (χ0v) is 9.81. The number of nitrogens with one attached hydrogen (secondary N) is 3. The summed E-state index contributed by atoms with van der Waals surface area (Å²) in [5, 5.41) is 2.68. The SMILES string of the molecule is O=CNNC1(NC(=O)OCc2ccccc2)CC1. The van der Waals surface area contributed by atoms with Gasteiger partial charge in [-0.15, -0.1) is 0 Å². The van der Waals surface area contributed by atoms with Crippen LogP contribution in [0, 0.1) is 0 Å². The second kappa shape index (κ2) is 5.50. The van der Waals surface area contributed by atoms with Gasteiger partial charge in [0.2, 0.25) is 6.41 Å². The summed E-state index contributed by atoms with van der Waals surface area (Å²) in [4.78, 5) is 21.7. The van der Waals surface area contributed by atoms with E-state index in [1.165, 1.54) is 0 Å². The lowest BCUT2D eigenvalue weighted by molar-refractivity contribution is -0.110. The Labute approximate surface area is 105 Å². The molecule has 1 saturated carbocycles. The highest BCUT2D eigenvalue weighted by Gasteiger charge is 2.44. The van der Waals surface area contributed by atoms with Crippen molar-refractivity contribution in [1.29, 1.82) is 0 Å². The molecule has 96 valence electrons. The van der Waals surface area contributed by atoms with Crippen LogP contribution >= 0.6 is 0 Å². The van der Waals surface area contributed by atoms with Crippen molar-refractivity contribution in [2.75, 3.05) is 0 Å². The van der Waals surface area contributed by atoms with E-state index in [1.807, 2.05) is 30.3 Å². The van der Waals surface area contributed by atoms with Crippen LogP contribution < -0.4 is 16.2 Å². The van der Waals surface area contributed by atoms with Crippen LogP contribution in [0.25, 0.3) is 0 Å². The molecule has 0 atom stereocenters. The molecule has 0 aromatic heterocycles. The molecule has 0 saturated heterocycles. The van der Waals surface area contributed by atoms with Gasteiger partial charge in [0.25, 0.3) is 0 Å². The number of carbonyl (C=O) groups is 2. The molecule has 1 aliphatic rings. The summed E-state index contributed by atoms with van der Waals surface area (Å²) in [6.07, 6.45) is 1.54. The molecular weight excluding hydrogens is 234 g/mol. The van der Waals surface area contributed by atoms with Crippen molar-refractivity contribution in [3.8, 4) is 0 Å². The standard InChI is InChI=1S/C12H15N3O3/c16-9-13-15-12(6-7-12)14-11(17)18-8-10-4-2-1-3-5-10/h1-5,9,15H,6-8H2,(H,13,16)(H,14,17). The summed E-state index contributed by atoms with van der Waals surface area (Å²) >= 11 is 0. The van der Waals surface area contributed by atoms with E-state index in [4.69, 9.17) is 4.74 Å². The summed E-state index contributed by atoms with van der Waals surface area (Å²) in [6, 6.07) is 9.43. The van der Waals surface area contributed by atoms with E-state index >= 15 is 0 Å². The Morgan fingerprint density at radius 2 is 2.06 bits per heavy atom. The molecule has 1 fully saturated rings. The van der Waals surface area contributed by atoms with Crippen molar-refractivity contribution in [1.82, 2.24) is 16.2 Å². The lowest BCUT2D eigenvalue weighted by Crippen LogP contribution is -2.53. The van der Waals surface area contributed by atoms with Crippen LogP contribution in [0.3, 0.4) is 0 Å². The quantitative estimate of drug-likeness (QED) is 0.393. The van der Waals surface area contributed by atoms with Crippen LogP contribution in [0.5, 0.6) is 0 Å². The Kier molecular flexibility index (Phi) is 3.78. The third kappa shape index (κ3) is 3.46. The van der Waals surface area contributed by atoms with E-state index in [2.05, 4.69) is 16.2 Å². The first-order chi connectivity index (χ1) is 8.74. The van der Waals surface area contributed by atoms with Gasteiger partial charge < -0.3 is 10.1 Å². The third-order valence-corrected chi connectivity index (χ3v) is 2.67. The van der Waals surface area contributed by atoms with Gasteiger partial charge in [0.15, 0.2) is 0 Å². The Morgan fingerprint density at radius 3 is 2.67 bits per heavy atom. The first kappa shape index (κ1) is 12.4. The van der Waals surface area contributed by atoms with E-state index in [0.717, 1.165) is 18.4 Å². The number of alkyl carbamates (subject to hydrolysis) is 1. The van der Waals surface area contributed by atoms with E-state index in [-0.39, 0.29) is 6.61 Å². The third-order valence-electron chi connectivity index (χ3n) is 2.67. The number of carbonyl (C=O) groups excluding carboxylic acids is 2. The van der Waals surface area contributed by atoms with Gasteiger partial charge in [-0.3, -0.25) is 10.2 Å². The molecule has 1 aromatic rings. The van der Waals surface area contributed by atoms with Crippen molar-refractivity contribution >= 4 is 12.5 Å². The average Bonchev–Trinajstić information content (AvgIpc) is 3.15. The Bertz CT molecular complexity index is 418. The average molecular weight is 249 g/mol. The molecule has 0 aliphatic heterocycles. The molecular formula is C12H15N3O3. The second-order valence-electron chi connectivity index (χ2n) is 4.16. The van der Waals surface area contributed by atoms with Gasteiger partial charge in [0.05, 0.1) is 0 Å². The maximum atomic E-state index is 11.5. The minimum Gasteiger partial charge on any atom is -0.445 e. The van der Waals surface area contributed by atoms with Crippen molar-refractivity contribution in [3.05, 3.63) is 35.9 Å². The van der Waals surface area contributed by atoms with Gasteiger partial charge in [-0.2, -0.15) is 0 Å². The summed E-state index contributed by atoms with van der Waals surface area (Å²) in [7, 11) is 0. The first-order valence-corrected chi connectivity index (χ1v) is 5.69. The highest BCUT2D eigenvalue weighted by atomic mass is 16.5. The molecule has 0 unspecified atom stereocenters. The summed E-state index contributed by atoms with van der Waals surface area (Å²) in [5.41, 5.74) is 5.43. The van der Waals surface area contributed by atoms with Crippen molar-refractivity contribution in [3.63, 3.8) is 0 Å². The van der Waals surface area contributed by atoms with Crippen LogP contribution in [0.2, 0.25) is 0 Å². The zero-order chi connectivity index (χ0) is 12.8. The molecule has 1 aromatic carbocycles. The number of hydrazine groups is 1. The maximum absolute atomic E-state index is 11.5. The van der Waals surface area contributed by atoms with E-state index in [0.29, 0.717) is 6.41 Å². The summed E-state index contributed by atoms with van der Waals surface area (Å²) < 4.78 is 5.08. The van der Waals surface area contributed by atoms with E-state index in [9.17, 15) is 9.59 Å². The fourth-order valence-corrected chi connectivity index (χ4v) is 1.53. The number of hydrogen-bond acceptors (Lipinski definition) is 4. The minimum atomic E-state index is -0.547. The monoisotopic (exact) mass is 249 g/mol. The van der Waals surface area contributed by atoms with Crippen molar-refractivity contribution < 1.29 is 14.3 Å². The van der Waals surface area contributed by atoms with Crippen molar-refractivity contribution in [2.24, 2.45) is 0 Å². The van der Waals surface area contributed by atoms with Gasteiger partial charge in [0.1, 0.15) is 12.3 Å². The number of rotatable bonds is 6. The molecule has 0 spiro atoms. The summed E-state index contributed by atoms with van der Waals surface area (Å²) in [5.74, 6) is 0.